The molecule has 0 saturated heterocycles. The fraction of sp³-hybridized carbons (Fsp3) is 0.800. The van der Waals surface area contributed by atoms with Crippen LogP contribution in [-0.2, 0) is 19.1 Å². The number of hydrogen-bond acceptors (Lipinski definition) is 4. The van der Waals surface area contributed by atoms with Crippen LogP contribution < -0.4 is 0 Å². The van der Waals surface area contributed by atoms with Gasteiger partial charge in [-0.05, 0) is 13.3 Å². The molecule has 0 radical (unpaired) electrons. The van der Waals surface area contributed by atoms with Gasteiger partial charge in [0.05, 0.1) is 12.0 Å². The Morgan fingerprint density at radius 2 is 1.24 bits per heavy atom. The maximum atomic E-state index is 11.4. The summed E-state index contributed by atoms with van der Waals surface area (Å²) in [5, 5.41) is -0.245. The number of rotatable bonds is 16. The molecule has 0 aromatic carbocycles. The van der Waals surface area contributed by atoms with E-state index in [9.17, 15) is 9.59 Å². The van der Waals surface area contributed by atoms with Crippen LogP contribution in [0.2, 0.25) is 0 Å². The highest BCUT2D eigenvalue weighted by Gasteiger charge is 2.03. The van der Waals surface area contributed by atoms with Gasteiger partial charge in [0.15, 0.2) is 0 Å². The molecule has 0 spiro atoms. The molecule has 0 heterocycles. The Morgan fingerprint density at radius 3 is 1.72 bits per heavy atom. The number of ether oxygens (including phenoxy) is 2. The minimum absolute atomic E-state index is 0.124. The quantitative estimate of drug-likeness (QED) is 0.153. The summed E-state index contributed by atoms with van der Waals surface area (Å²) in [6.45, 7) is 4.48. The van der Waals surface area contributed by atoms with Crippen molar-refractivity contribution < 1.29 is 19.1 Å². The molecule has 0 rings (SSSR count). The van der Waals surface area contributed by atoms with E-state index in [1.54, 1.807) is 6.92 Å². The smallest absolute Gasteiger partial charge is 0.331 e. The first-order chi connectivity index (χ1) is 12.1. The number of esters is 2. The van der Waals surface area contributed by atoms with Crippen molar-refractivity contribution in [2.24, 2.45) is 0 Å². The van der Waals surface area contributed by atoms with Crippen molar-refractivity contribution in [3.05, 3.63) is 12.2 Å². The summed E-state index contributed by atoms with van der Waals surface area (Å²) in [7, 11) is 0. The molecule has 146 valence electrons. The predicted octanol–water partition coefficient (Wildman–Crippen LogP) is 5.57. The van der Waals surface area contributed by atoms with Gasteiger partial charge in [-0.1, -0.05) is 71.1 Å². The van der Waals surface area contributed by atoms with Gasteiger partial charge in [-0.3, -0.25) is 0 Å². The molecule has 5 heteroatoms. The lowest BCUT2D eigenvalue weighted by Crippen LogP contribution is -2.10. The summed E-state index contributed by atoms with van der Waals surface area (Å²) in [5.74, 6) is -1.10. The standard InChI is InChI=1S/C20H35ClO4/c1-3-4-5-6-7-8-9-10-11-12-13-16-24-19(22)14-15-20(23)25-17-18(2)21/h14-15,18H,3-13,16-17H2,1-2H3/b15-14+. The zero-order chi connectivity index (χ0) is 18.8. The third kappa shape index (κ3) is 19.1. The van der Waals surface area contributed by atoms with E-state index in [1.165, 1.54) is 57.8 Å². The minimum Gasteiger partial charge on any atom is -0.463 e. The van der Waals surface area contributed by atoms with Gasteiger partial charge in [0.1, 0.15) is 6.61 Å². The molecule has 0 saturated carbocycles. The normalized spacial score (nSPS) is 12.3. The molecule has 25 heavy (non-hydrogen) atoms. The summed E-state index contributed by atoms with van der Waals surface area (Å²) < 4.78 is 9.85. The van der Waals surface area contributed by atoms with Gasteiger partial charge in [0.2, 0.25) is 0 Å². The van der Waals surface area contributed by atoms with Crippen LogP contribution in [0.5, 0.6) is 0 Å². The monoisotopic (exact) mass is 374 g/mol. The first-order valence-electron chi connectivity index (χ1n) is 9.72. The first kappa shape index (κ1) is 24.0. The molecule has 0 fully saturated rings. The van der Waals surface area contributed by atoms with Gasteiger partial charge < -0.3 is 9.47 Å². The van der Waals surface area contributed by atoms with Crippen LogP contribution >= 0.6 is 11.6 Å². The number of carbonyl (C=O) groups is 2. The van der Waals surface area contributed by atoms with Crippen LogP contribution in [0, 0.1) is 0 Å². The van der Waals surface area contributed by atoms with E-state index in [4.69, 9.17) is 21.1 Å². The highest BCUT2D eigenvalue weighted by Crippen LogP contribution is 2.11. The molecule has 0 aliphatic carbocycles. The van der Waals surface area contributed by atoms with E-state index in [-0.39, 0.29) is 12.0 Å². The van der Waals surface area contributed by atoms with E-state index in [0.717, 1.165) is 25.0 Å². The molecule has 1 unspecified atom stereocenters. The van der Waals surface area contributed by atoms with E-state index >= 15 is 0 Å². The Balaban J connectivity index is 3.38. The molecular formula is C20H35ClO4. The van der Waals surface area contributed by atoms with Gasteiger partial charge in [0, 0.05) is 12.2 Å². The van der Waals surface area contributed by atoms with Crippen LogP contribution in [0.25, 0.3) is 0 Å². The molecule has 0 aliphatic heterocycles. The molecular weight excluding hydrogens is 340 g/mol. The highest BCUT2D eigenvalue weighted by molar-refractivity contribution is 6.20. The summed E-state index contributed by atoms with van der Waals surface area (Å²) in [5.41, 5.74) is 0. The lowest BCUT2D eigenvalue weighted by atomic mass is 10.1. The fourth-order valence-corrected chi connectivity index (χ4v) is 2.43. The second-order valence-corrected chi connectivity index (χ2v) is 7.19. The van der Waals surface area contributed by atoms with Gasteiger partial charge in [0.25, 0.3) is 0 Å². The maximum absolute atomic E-state index is 11.4. The number of halogens is 1. The van der Waals surface area contributed by atoms with Crippen molar-refractivity contribution in [2.75, 3.05) is 13.2 Å². The largest absolute Gasteiger partial charge is 0.463 e. The second kappa shape index (κ2) is 17.8. The fourth-order valence-electron chi connectivity index (χ4n) is 2.37. The van der Waals surface area contributed by atoms with Crippen molar-refractivity contribution in [1.82, 2.24) is 0 Å². The van der Waals surface area contributed by atoms with E-state index < -0.39 is 11.9 Å². The van der Waals surface area contributed by atoms with Crippen LogP contribution in [0.15, 0.2) is 12.2 Å². The van der Waals surface area contributed by atoms with Crippen molar-refractivity contribution >= 4 is 23.5 Å². The van der Waals surface area contributed by atoms with Crippen LogP contribution in [0.1, 0.15) is 84.5 Å². The van der Waals surface area contributed by atoms with Gasteiger partial charge in [-0.25, -0.2) is 9.59 Å². The minimum atomic E-state index is -0.584. The molecule has 0 aromatic heterocycles. The molecule has 1 atom stereocenters. The Labute approximate surface area is 158 Å². The summed E-state index contributed by atoms with van der Waals surface area (Å²) in [6, 6.07) is 0. The number of alkyl halides is 1. The van der Waals surface area contributed by atoms with E-state index in [1.807, 2.05) is 0 Å². The summed E-state index contributed by atoms with van der Waals surface area (Å²) >= 11 is 5.66. The Kier molecular flexibility index (Phi) is 17.0. The third-order valence-corrected chi connectivity index (χ3v) is 3.93. The van der Waals surface area contributed by atoms with E-state index in [0.29, 0.717) is 6.61 Å². The van der Waals surface area contributed by atoms with Crippen molar-refractivity contribution in [1.29, 1.82) is 0 Å². The number of carbonyl (C=O) groups excluding carboxylic acids is 2. The zero-order valence-corrected chi connectivity index (χ0v) is 16.7. The van der Waals surface area contributed by atoms with Crippen molar-refractivity contribution in [3.63, 3.8) is 0 Å². The highest BCUT2D eigenvalue weighted by atomic mass is 35.5. The third-order valence-electron chi connectivity index (χ3n) is 3.80. The average Bonchev–Trinajstić information content (AvgIpc) is 2.59. The van der Waals surface area contributed by atoms with Crippen molar-refractivity contribution in [3.8, 4) is 0 Å². The lowest BCUT2D eigenvalue weighted by Gasteiger charge is -2.04. The first-order valence-corrected chi connectivity index (χ1v) is 10.2. The number of hydrogen-bond donors (Lipinski definition) is 0. The van der Waals surface area contributed by atoms with Crippen LogP contribution in [0.4, 0.5) is 0 Å². The molecule has 0 bridgehead atoms. The molecule has 0 N–H and O–H groups in total. The SMILES string of the molecule is CCCCCCCCCCCCCOC(=O)/C=C/C(=O)OCC(C)Cl. The van der Waals surface area contributed by atoms with Gasteiger partial charge >= 0.3 is 11.9 Å². The molecule has 4 nitrogen and oxygen atoms in total. The topological polar surface area (TPSA) is 52.6 Å². The molecule has 0 amide bonds. The van der Waals surface area contributed by atoms with Gasteiger partial charge in [-0.2, -0.15) is 0 Å². The van der Waals surface area contributed by atoms with Crippen molar-refractivity contribution in [2.45, 2.75) is 89.9 Å². The molecule has 0 aliphatic rings. The maximum Gasteiger partial charge on any atom is 0.331 e. The van der Waals surface area contributed by atoms with Crippen LogP contribution in [0.3, 0.4) is 0 Å². The Hall–Kier alpha value is -1.03. The zero-order valence-electron chi connectivity index (χ0n) is 15.9. The summed E-state index contributed by atoms with van der Waals surface area (Å²) in [4.78, 5) is 22.7. The average molecular weight is 375 g/mol. The predicted molar refractivity (Wildman–Crippen MR) is 103 cm³/mol. The summed E-state index contributed by atoms with van der Waals surface area (Å²) in [6.07, 6.45) is 16.0. The lowest BCUT2D eigenvalue weighted by molar-refractivity contribution is -0.140. The molecule has 0 aromatic rings. The van der Waals surface area contributed by atoms with E-state index in [2.05, 4.69) is 6.92 Å². The van der Waals surface area contributed by atoms with Gasteiger partial charge in [-0.15, -0.1) is 11.6 Å². The Morgan fingerprint density at radius 1 is 0.800 bits per heavy atom. The second-order valence-electron chi connectivity index (χ2n) is 6.45. The number of unbranched alkanes of at least 4 members (excludes halogenated alkanes) is 10. The van der Waals surface area contributed by atoms with Crippen LogP contribution in [-0.4, -0.2) is 30.5 Å². The Bertz CT molecular complexity index is 367.